The Morgan fingerprint density at radius 1 is 1.43 bits per heavy atom. The van der Waals surface area contributed by atoms with Gasteiger partial charge in [-0.2, -0.15) is 0 Å². The summed E-state index contributed by atoms with van der Waals surface area (Å²) in [6.45, 7) is 7.11. The van der Waals surface area contributed by atoms with Crippen LogP contribution in [0.3, 0.4) is 0 Å². The van der Waals surface area contributed by atoms with E-state index in [1.54, 1.807) is 0 Å². The number of aryl methyl sites for hydroxylation is 3. The molecule has 0 aromatic heterocycles. The normalized spacial score (nSPS) is 22.4. The van der Waals surface area contributed by atoms with Crippen LogP contribution in [0.2, 0.25) is 0 Å². The Morgan fingerprint density at radius 3 is 2.86 bits per heavy atom. The zero-order chi connectivity index (χ0) is 15.4. The molecule has 0 saturated carbocycles. The van der Waals surface area contributed by atoms with E-state index in [1.165, 1.54) is 16.7 Å². The van der Waals surface area contributed by atoms with Gasteiger partial charge in [0.05, 0.1) is 25.4 Å². The van der Waals surface area contributed by atoms with Crippen molar-refractivity contribution < 1.29 is 14.6 Å². The molecular weight excluding hydrogens is 266 g/mol. The predicted octanol–water partition coefficient (Wildman–Crippen LogP) is 1.84. The van der Waals surface area contributed by atoms with E-state index in [0.29, 0.717) is 19.6 Å². The van der Waals surface area contributed by atoms with E-state index >= 15 is 0 Å². The smallest absolute Gasteiger partial charge is 0.223 e. The molecule has 0 bridgehead atoms. The maximum atomic E-state index is 12.4. The van der Waals surface area contributed by atoms with Gasteiger partial charge in [-0.3, -0.25) is 4.79 Å². The van der Waals surface area contributed by atoms with Crippen molar-refractivity contribution >= 4 is 5.91 Å². The predicted molar refractivity (Wildman–Crippen MR) is 82.2 cm³/mol. The molecule has 1 saturated heterocycles. The lowest BCUT2D eigenvalue weighted by Gasteiger charge is -2.37. The molecule has 1 N–H and O–H groups in total. The third-order valence-electron chi connectivity index (χ3n) is 4.14. The molecule has 116 valence electrons. The minimum absolute atomic E-state index is 0.0342. The van der Waals surface area contributed by atoms with Crippen molar-refractivity contribution in [1.29, 1.82) is 0 Å². The summed E-state index contributed by atoms with van der Waals surface area (Å²) in [4.78, 5) is 14.3. The van der Waals surface area contributed by atoms with Gasteiger partial charge in [-0.25, -0.2) is 0 Å². The van der Waals surface area contributed by atoms with Crippen LogP contribution >= 0.6 is 0 Å². The van der Waals surface area contributed by atoms with Gasteiger partial charge in [-0.05, 0) is 38.3 Å². The molecule has 1 heterocycles. The van der Waals surface area contributed by atoms with Crippen LogP contribution in [0.4, 0.5) is 0 Å². The van der Waals surface area contributed by atoms with Crippen LogP contribution < -0.4 is 0 Å². The van der Waals surface area contributed by atoms with Gasteiger partial charge in [-0.15, -0.1) is 0 Å². The second-order valence-corrected chi connectivity index (χ2v) is 5.96. The fraction of sp³-hybridized carbons (Fsp3) is 0.588. The van der Waals surface area contributed by atoms with E-state index in [2.05, 4.69) is 32.0 Å². The average molecular weight is 291 g/mol. The standard InChI is InChI=1S/C17H25NO3/c1-12-4-5-15(13(2)8-12)6-7-17(20)18-9-16(10-19)21-11-14(18)3/h4-5,8,14,16,19H,6-7,9-11H2,1-3H3. The first kappa shape index (κ1) is 16.0. The van der Waals surface area contributed by atoms with Crippen molar-refractivity contribution in [2.24, 2.45) is 0 Å². The van der Waals surface area contributed by atoms with Crippen molar-refractivity contribution in [2.45, 2.75) is 45.8 Å². The van der Waals surface area contributed by atoms with Gasteiger partial charge in [0.25, 0.3) is 0 Å². The topological polar surface area (TPSA) is 49.8 Å². The molecule has 4 nitrogen and oxygen atoms in total. The molecule has 1 aliphatic heterocycles. The summed E-state index contributed by atoms with van der Waals surface area (Å²) in [6, 6.07) is 6.43. The lowest BCUT2D eigenvalue weighted by Crippen LogP contribution is -2.52. The van der Waals surface area contributed by atoms with Crippen LogP contribution in [0, 0.1) is 13.8 Å². The van der Waals surface area contributed by atoms with E-state index in [9.17, 15) is 9.90 Å². The SMILES string of the molecule is Cc1ccc(CCC(=O)N2CC(CO)OCC2C)c(C)c1. The number of carbonyl (C=O) groups excluding carboxylic acids is 1. The van der Waals surface area contributed by atoms with E-state index in [4.69, 9.17) is 4.74 Å². The Hall–Kier alpha value is -1.39. The zero-order valence-corrected chi connectivity index (χ0v) is 13.1. The third kappa shape index (κ3) is 4.05. The summed E-state index contributed by atoms with van der Waals surface area (Å²) < 4.78 is 5.47. The quantitative estimate of drug-likeness (QED) is 0.921. The molecule has 1 aromatic rings. The summed E-state index contributed by atoms with van der Waals surface area (Å²) in [5, 5.41) is 9.18. The van der Waals surface area contributed by atoms with Crippen molar-refractivity contribution in [3.05, 3.63) is 34.9 Å². The number of aliphatic hydroxyl groups excluding tert-OH is 1. The van der Waals surface area contributed by atoms with Crippen molar-refractivity contribution in [1.82, 2.24) is 4.90 Å². The van der Waals surface area contributed by atoms with Gasteiger partial charge in [0.15, 0.2) is 0 Å². The number of ether oxygens (including phenoxy) is 1. The molecule has 0 aliphatic carbocycles. The summed E-state index contributed by atoms with van der Waals surface area (Å²) in [7, 11) is 0. The fourth-order valence-electron chi connectivity index (χ4n) is 2.79. The molecule has 4 heteroatoms. The Morgan fingerprint density at radius 2 is 2.19 bits per heavy atom. The number of hydrogen-bond donors (Lipinski definition) is 1. The maximum absolute atomic E-state index is 12.4. The number of hydrogen-bond acceptors (Lipinski definition) is 3. The lowest BCUT2D eigenvalue weighted by atomic mass is 10.0. The Kier molecular flexibility index (Phi) is 5.37. The zero-order valence-electron chi connectivity index (χ0n) is 13.1. The number of morpholine rings is 1. The van der Waals surface area contributed by atoms with Crippen LogP contribution in [0.15, 0.2) is 18.2 Å². The van der Waals surface area contributed by atoms with Crippen LogP contribution in [0.1, 0.15) is 30.0 Å². The van der Waals surface area contributed by atoms with Crippen LogP contribution in [-0.2, 0) is 16.0 Å². The Balaban J connectivity index is 1.94. The highest BCUT2D eigenvalue weighted by atomic mass is 16.5. The van der Waals surface area contributed by atoms with Gasteiger partial charge in [-0.1, -0.05) is 23.8 Å². The number of rotatable bonds is 4. The Labute approximate surface area is 126 Å². The maximum Gasteiger partial charge on any atom is 0.223 e. The van der Waals surface area contributed by atoms with Crippen molar-refractivity contribution in [2.75, 3.05) is 19.8 Å². The summed E-state index contributed by atoms with van der Waals surface area (Å²) in [5.41, 5.74) is 3.72. The van der Waals surface area contributed by atoms with Gasteiger partial charge < -0.3 is 14.7 Å². The number of benzene rings is 1. The molecule has 2 unspecified atom stereocenters. The Bertz CT molecular complexity index is 501. The molecule has 21 heavy (non-hydrogen) atoms. The highest BCUT2D eigenvalue weighted by Crippen LogP contribution is 2.16. The number of amides is 1. The molecule has 1 aromatic carbocycles. The number of carbonyl (C=O) groups is 1. The fourth-order valence-corrected chi connectivity index (χ4v) is 2.79. The van der Waals surface area contributed by atoms with Crippen molar-refractivity contribution in [3.63, 3.8) is 0 Å². The molecule has 2 rings (SSSR count). The molecule has 0 radical (unpaired) electrons. The van der Waals surface area contributed by atoms with E-state index in [-0.39, 0.29) is 24.7 Å². The second kappa shape index (κ2) is 7.05. The first-order valence-electron chi connectivity index (χ1n) is 7.59. The first-order valence-corrected chi connectivity index (χ1v) is 7.59. The average Bonchev–Trinajstić information content (AvgIpc) is 2.46. The summed E-state index contributed by atoms with van der Waals surface area (Å²) >= 11 is 0. The minimum atomic E-state index is -0.244. The lowest BCUT2D eigenvalue weighted by molar-refractivity contribution is -0.146. The molecule has 1 fully saturated rings. The molecular formula is C17H25NO3. The molecule has 0 spiro atoms. The third-order valence-corrected chi connectivity index (χ3v) is 4.14. The van der Waals surface area contributed by atoms with Gasteiger partial charge in [0.1, 0.15) is 0 Å². The van der Waals surface area contributed by atoms with Crippen molar-refractivity contribution in [3.8, 4) is 0 Å². The summed E-state index contributed by atoms with van der Waals surface area (Å²) in [5.74, 6) is 0.143. The first-order chi connectivity index (χ1) is 10.0. The molecule has 1 amide bonds. The van der Waals surface area contributed by atoms with Gasteiger partial charge in [0.2, 0.25) is 5.91 Å². The van der Waals surface area contributed by atoms with Crippen LogP contribution in [0.5, 0.6) is 0 Å². The highest BCUT2D eigenvalue weighted by molar-refractivity contribution is 5.77. The van der Waals surface area contributed by atoms with E-state index in [1.807, 2.05) is 11.8 Å². The monoisotopic (exact) mass is 291 g/mol. The van der Waals surface area contributed by atoms with E-state index < -0.39 is 0 Å². The highest BCUT2D eigenvalue weighted by Gasteiger charge is 2.28. The van der Waals surface area contributed by atoms with Crippen LogP contribution in [0.25, 0.3) is 0 Å². The number of nitrogens with zero attached hydrogens (tertiary/aromatic N) is 1. The van der Waals surface area contributed by atoms with E-state index in [0.717, 1.165) is 6.42 Å². The van der Waals surface area contributed by atoms with Crippen LogP contribution in [-0.4, -0.2) is 47.8 Å². The van der Waals surface area contributed by atoms with Gasteiger partial charge in [0, 0.05) is 13.0 Å². The largest absolute Gasteiger partial charge is 0.394 e. The number of aliphatic hydroxyl groups is 1. The van der Waals surface area contributed by atoms with Gasteiger partial charge >= 0.3 is 0 Å². The second-order valence-electron chi connectivity index (χ2n) is 5.96. The molecule has 1 aliphatic rings. The summed E-state index contributed by atoms with van der Waals surface area (Å²) in [6.07, 6.45) is 1.02. The molecule has 2 atom stereocenters. The minimum Gasteiger partial charge on any atom is -0.394 e.